The molecule has 3 aromatic rings. The molecule has 0 atom stereocenters. The zero-order valence-corrected chi connectivity index (χ0v) is 20.7. The molecule has 10 heteroatoms. The Bertz CT molecular complexity index is 1400. The lowest BCUT2D eigenvalue weighted by Crippen LogP contribution is -2.25. The summed E-state index contributed by atoms with van der Waals surface area (Å²) in [6.07, 6.45) is 4.90. The summed E-state index contributed by atoms with van der Waals surface area (Å²) in [4.78, 5) is 15.8. The smallest absolute Gasteiger partial charge is 0.165 e. The van der Waals surface area contributed by atoms with Gasteiger partial charge in [-0.3, -0.25) is 0 Å². The minimum absolute atomic E-state index is 0.466. The van der Waals surface area contributed by atoms with Crippen LogP contribution < -0.4 is 4.90 Å². The van der Waals surface area contributed by atoms with Crippen LogP contribution in [-0.4, -0.2) is 19.5 Å². The van der Waals surface area contributed by atoms with Crippen LogP contribution in [0.15, 0.2) is 71.9 Å². The maximum Gasteiger partial charge on any atom is 0.165 e. The van der Waals surface area contributed by atoms with Crippen molar-refractivity contribution in [3.05, 3.63) is 104 Å². The van der Waals surface area contributed by atoms with Crippen molar-refractivity contribution in [3.8, 4) is 11.5 Å². The van der Waals surface area contributed by atoms with Gasteiger partial charge in [0, 0.05) is 26.6 Å². The van der Waals surface area contributed by atoms with E-state index < -0.39 is 0 Å². The number of hydrogen-bond acceptors (Lipinski definition) is 5. The molecule has 0 saturated carbocycles. The van der Waals surface area contributed by atoms with Gasteiger partial charge >= 0.3 is 0 Å². The lowest BCUT2D eigenvalue weighted by atomic mass is 10.2. The minimum Gasteiger partial charge on any atom is -0.467 e. The van der Waals surface area contributed by atoms with Gasteiger partial charge in [-0.2, -0.15) is 0 Å². The molecule has 34 heavy (non-hydrogen) atoms. The molecule has 1 aromatic heterocycles. The molecule has 172 valence electrons. The Kier molecular flexibility index (Phi) is 6.66. The van der Waals surface area contributed by atoms with E-state index >= 15 is 0 Å². The number of halogens is 4. The van der Waals surface area contributed by atoms with Gasteiger partial charge in [0.15, 0.2) is 17.3 Å². The molecule has 5 rings (SSSR count). The number of furan rings is 1. The van der Waals surface area contributed by atoms with E-state index in [9.17, 15) is 0 Å². The van der Waals surface area contributed by atoms with Crippen LogP contribution in [0.1, 0.15) is 16.9 Å². The molecule has 0 spiro atoms. The van der Waals surface area contributed by atoms with Gasteiger partial charge in [0.1, 0.15) is 12.1 Å². The number of anilines is 1. The van der Waals surface area contributed by atoms with Gasteiger partial charge < -0.3 is 13.9 Å². The minimum atomic E-state index is 0.466. The highest BCUT2D eigenvalue weighted by atomic mass is 35.5. The lowest BCUT2D eigenvalue weighted by Gasteiger charge is -2.25. The van der Waals surface area contributed by atoms with Crippen molar-refractivity contribution in [2.75, 3.05) is 4.90 Å². The fourth-order valence-electron chi connectivity index (χ4n) is 3.70. The second-order valence-electron chi connectivity index (χ2n) is 7.65. The van der Waals surface area contributed by atoms with Gasteiger partial charge in [-0.25, -0.2) is 15.0 Å². The number of fused-ring (bicyclic) bond motifs is 1. The van der Waals surface area contributed by atoms with Crippen LogP contribution in [0.5, 0.6) is 0 Å². The van der Waals surface area contributed by atoms with Crippen molar-refractivity contribution >= 4 is 52.2 Å². The lowest BCUT2D eigenvalue weighted by molar-refractivity contribution is 0.500. The van der Waals surface area contributed by atoms with E-state index in [0.717, 1.165) is 16.9 Å². The van der Waals surface area contributed by atoms with Crippen LogP contribution in [0.3, 0.4) is 0 Å². The van der Waals surface area contributed by atoms with Crippen LogP contribution in [0.25, 0.3) is 11.5 Å². The van der Waals surface area contributed by atoms with Crippen LogP contribution in [0.2, 0.25) is 20.1 Å². The summed E-state index contributed by atoms with van der Waals surface area (Å²) >= 11 is 25.0. The average Bonchev–Trinajstić information content (AvgIpc) is 3.49. The maximum absolute atomic E-state index is 6.47. The maximum atomic E-state index is 6.47. The molecule has 0 fully saturated rings. The van der Waals surface area contributed by atoms with Gasteiger partial charge in [0.2, 0.25) is 0 Å². The molecular weight excluding hydrogens is 516 g/mol. The molecule has 0 radical (unpaired) electrons. The Morgan fingerprint density at radius 2 is 1.56 bits per heavy atom. The Labute approximate surface area is 216 Å². The molecule has 0 N–H and O–H groups in total. The first-order valence-electron chi connectivity index (χ1n) is 10.3. The number of imidazole rings is 1. The van der Waals surface area contributed by atoms with Crippen LogP contribution in [0, 0.1) is 0 Å². The summed E-state index contributed by atoms with van der Waals surface area (Å²) in [6.45, 7) is 1.41. The fourth-order valence-corrected chi connectivity index (χ4v) is 4.64. The molecule has 6 nitrogen and oxygen atoms in total. The number of nitrogens with zero attached hydrogens (tertiary/aromatic N) is 5. The Morgan fingerprint density at radius 1 is 0.824 bits per heavy atom. The van der Waals surface area contributed by atoms with Crippen LogP contribution in [-0.2, 0) is 19.6 Å². The van der Waals surface area contributed by atoms with Crippen molar-refractivity contribution in [1.82, 2.24) is 19.5 Å². The number of rotatable bonds is 7. The molecule has 2 aromatic carbocycles. The first kappa shape index (κ1) is 23.0. The molecule has 0 bridgehead atoms. The Morgan fingerprint density at radius 3 is 2.24 bits per heavy atom. The summed E-state index contributed by atoms with van der Waals surface area (Å²) in [6, 6.07) is 14.6. The summed E-state index contributed by atoms with van der Waals surface area (Å²) in [5.41, 5.74) is 2.45. The molecule has 3 heterocycles. The van der Waals surface area contributed by atoms with E-state index in [1.54, 1.807) is 30.8 Å². The zero-order chi connectivity index (χ0) is 23.7. The third-order valence-electron chi connectivity index (χ3n) is 5.34. The number of benzene rings is 2. The Hall–Kier alpha value is -2.77. The van der Waals surface area contributed by atoms with Gasteiger partial charge in [-0.15, -0.1) is 0 Å². The van der Waals surface area contributed by atoms with Crippen LogP contribution in [0.4, 0.5) is 5.82 Å². The summed E-state index contributed by atoms with van der Waals surface area (Å²) in [5, 5.41) is 2.31. The van der Waals surface area contributed by atoms with Crippen molar-refractivity contribution in [2.24, 2.45) is 0 Å². The molecule has 0 aliphatic carbocycles. The molecule has 0 saturated heterocycles. The van der Waals surface area contributed by atoms with Crippen molar-refractivity contribution in [3.63, 3.8) is 0 Å². The van der Waals surface area contributed by atoms with E-state index in [1.807, 2.05) is 39.8 Å². The topological polar surface area (TPSA) is 60.0 Å². The van der Waals surface area contributed by atoms with Crippen molar-refractivity contribution in [1.29, 1.82) is 0 Å². The fraction of sp³-hybridized carbons (Fsp3) is 0.125. The van der Waals surface area contributed by atoms with E-state index in [2.05, 4.69) is 9.97 Å². The van der Waals surface area contributed by atoms with Crippen molar-refractivity contribution < 1.29 is 4.42 Å². The summed E-state index contributed by atoms with van der Waals surface area (Å²) in [5.74, 6) is 2.13. The van der Waals surface area contributed by atoms with E-state index in [0.29, 0.717) is 57.1 Å². The normalized spacial score (nSPS) is 11.3. The highest BCUT2D eigenvalue weighted by Crippen LogP contribution is 2.32. The van der Waals surface area contributed by atoms with Gasteiger partial charge in [-0.1, -0.05) is 58.5 Å². The largest absolute Gasteiger partial charge is 0.467 e. The molecule has 0 unspecified atom stereocenters. The third kappa shape index (κ3) is 4.86. The summed E-state index contributed by atoms with van der Waals surface area (Å²) in [7, 11) is 0. The molecule has 0 amide bonds. The SMILES string of the molecule is Clc1ccc(CN(Cc2ccco2)c2ncn(Cc3ccc(Cl)cc3Cl)c3ncnc2-3)c(Cl)c1. The molecule has 2 aliphatic rings. The standard InChI is InChI=1S/C24H17Cl4N5O/c25-17-5-3-15(20(27)8-17)10-32(12-19-2-1-7-34-19)24-22-23(30-13-29-22)33(14-31-24)11-16-4-6-18(26)9-21(16)28/h1-9,13-14H,10-12H2. The highest BCUT2D eigenvalue weighted by Gasteiger charge is 2.23. The number of aromatic nitrogens is 4. The molecular formula is C24H17Cl4N5O. The van der Waals surface area contributed by atoms with E-state index in [1.165, 1.54) is 6.33 Å². The molecule has 2 aliphatic heterocycles. The Balaban J connectivity index is 1.52. The second kappa shape index (κ2) is 9.84. The highest BCUT2D eigenvalue weighted by molar-refractivity contribution is 6.35. The predicted octanol–water partition coefficient (Wildman–Crippen LogP) is 7.24. The predicted molar refractivity (Wildman–Crippen MR) is 135 cm³/mol. The van der Waals surface area contributed by atoms with E-state index in [-0.39, 0.29) is 0 Å². The number of hydrogen-bond donors (Lipinski definition) is 0. The first-order chi connectivity index (χ1) is 16.5. The van der Waals surface area contributed by atoms with Crippen LogP contribution >= 0.6 is 46.4 Å². The second-order valence-corrected chi connectivity index (χ2v) is 9.34. The van der Waals surface area contributed by atoms with Gasteiger partial charge in [0.05, 0.1) is 25.7 Å². The summed E-state index contributed by atoms with van der Waals surface area (Å²) < 4.78 is 7.51. The zero-order valence-electron chi connectivity index (χ0n) is 17.6. The van der Waals surface area contributed by atoms with Gasteiger partial charge in [0.25, 0.3) is 0 Å². The first-order valence-corrected chi connectivity index (χ1v) is 11.8. The third-order valence-corrected chi connectivity index (χ3v) is 6.51. The van der Waals surface area contributed by atoms with E-state index in [4.69, 9.17) is 55.8 Å². The van der Waals surface area contributed by atoms with Gasteiger partial charge in [-0.05, 0) is 47.5 Å². The quantitative estimate of drug-likeness (QED) is 0.221. The average molecular weight is 533 g/mol. The van der Waals surface area contributed by atoms with Crippen molar-refractivity contribution in [2.45, 2.75) is 19.6 Å². The monoisotopic (exact) mass is 531 g/mol.